The van der Waals surface area contributed by atoms with Crippen molar-refractivity contribution in [3.8, 4) is 22.6 Å². The van der Waals surface area contributed by atoms with Gasteiger partial charge in [0.1, 0.15) is 34.3 Å². The molecule has 3 aliphatic heterocycles. The highest BCUT2D eigenvalue weighted by Gasteiger charge is 2.53. The SMILES string of the molecule is C.C.CCC(=O)c1c(-c2ccc(F)cc2)oc2cc(N3CCCC3=O)c(B3OC(C)(C)C(C)(C)O3)cc12.CCC(=O)c1c(-c2ccc(F)cc2)oc2cc(N3CCCC3=O)c(Br)cc12. The Bertz CT molecular complexity index is 2740. The zero-order valence-corrected chi connectivity index (χ0v) is 37.0. The number of hydrogen-bond donors (Lipinski definition) is 0. The first-order chi connectivity index (χ1) is 29.5. The van der Waals surface area contributed by atoms with Crippen LogP contribution in [0.1, 0.15) is 116 Å². The summed E-state index contributed by atoms with van der Waals surface area (Å²) in [5.74, 6) is 0.0487. The summed E-state index contributed by atoms with van der Waals surface area (Å²) in [5, 5.41) is 1.31. The zero-order valence-electron chi connectivity index (χ0n) is 35.5. The predicted octanol–water partition coefficient (Wildman–Crippen LogP) is 12.3. The Morgan fingerprint density at radius 2 is 1.06 bits per heavy atom. The van der Waals surface area contributed by atoms with Gasteiger partial charge in [0.15, 0.2) is 11.6 Å². The predicted molar refractivity (Wildman–Crippen MR) is 253 cm³/mol. The number of fused-ring (bicyclic) bond motifs is 2. The lowest BCUT2D eigenvalue weighted by Crippen LogP contribution is -2.41. The Morgan fingerprint density at radius 1 is 0.656 bits per heavy atom. The Morgan fingerprint density at radius 3 is 1.47 bits per heavy atom. The van der Waals surface area contributed by atoms with Crippen LogP contribution >= 0.6 is 15.9 Å². The maximum atomic E-state index is 13.6. The second-order valence-corrected chi connectivity index (χ2v) is 17.6. The molecular weight excluding hydrogens is 885 g/mol. The fourth-order valence-electron chi connectivity index (χ4n) is 8.18. The largest absolute Gasteiger partial charge is 0.497 e. The van der Waals surface area contributed by atoms with Gasteiger partial charge in [-0.05, 0) is 117 Å². The van der Waals surface area contributed by atoms with Crippen molar-refractivity contribution in [1.29, 1.82) is 0 Å². The van der Waals surface area contributed by atoms with Crippen molar-refractivity contribution in [2.24, 2.45) is 0 Å². The van der Waals surface area contributed by atoms with Gasteiger partial charge in [0.25, 0.3) is 0 Å². The van der Waals surface area contributed by atoms with Gasteiger partial charge < -0.3 is 27.9 Å². The minimum atomic E-state index is -0.721. The zero-order chi connectivity index (χ0) is 44.2. The molecule has 0 unspecified atom stereocenters. The van der Waals surface area contributed by atoms with Gasteiger partial charge in [0.2, 0.25) is 11.8 Å². The Kier molecular flexibility index (Phi) is 13.9. The van der Waals surface area contributed by atoms with Crippen LogP contribution in [0.4, 0.5) is 20.2 Å². The normalized spacial score (nSPS) is 16.5. The van der Waals surface area contributed by atoms with E-state index in [-0.39, 0.29) is 56.3 Å². The molecule has 3 fully saturated rings. The number of carbonyl (C=O) groups excluding carboxylic acids is 4. The number of hydrogen-bond acceptors (Lipinski definition) is 8. The van der Waals surface area contributed by atoms with Gasteiger partial charge in [-0.2, -0.15) is 0 Å². The first-order valence-corrected chi connectivity index (χ1v) is 21.7. The highest BCUT2D eigenvalue weighted by Crippen LogP contribution is 2.42. The summed E-state index contributed by atoms with van der Waals surface area (Å²) in [6.07, 6.45) is 3.19. The number of halogens is 3. The molecule has 0 bridgehead atoms. The van der Waals surface area contributed by atoms with Crippen LogP contribution in [-0.4, -0.2) is 54.8 Å². The number of nitrogens with zero attached hydrogens (tertiary/aromatic N) is 2. The molecule has 0 spiro atoms. The van der Waals surface area contributed by atoms with Crippen molar-refractivity contribution < 1.29 is 46.1 Å². The Balaban J connectivity index is 0.000000212. The van der Waals surface area contributed by atoms with Crippen molar-refractivity contribution in [1.82, 2.24) is 0 Å². The minimum absolute atomic E-state index is 0. The summed E-state index contributed by atoms with van der Waals surface area (Å²) < 4.78 is 52.6. The van der Waals surface area contributed by atoms with E-state index in [1.54, 1.807) is 60.0 Å². The van der Waals surface area contributed by atoms with E-state index in [1.165, 1.54) is 24.3 Å². The van der Waals surface area contributed by atoms with Crippen LogP contribution in [0.5, 0.6) is 0 Å². The lowest BCUT2D eigenvalue weighted by atomic mass is 9.76. The van der Waals surface area contributed by atoms with Crippen molar-refractivity contribution in [3.63, 3.8) is 0 Å². The standard InChI is InChI=1S/C27H29BFNO5.C21H17BrFNO3.2CH4/c1-6-21(31)24-18-14-19(28-34-26(2,3)27(4,5)35-28)20(30-13-7-8-23(30)32)15-22(18)33-25(24)16-9-11-17(29)12-10-16;1-2-17(25)20-14-10-15(22)16(24-9-3-4-19(24)26)11-18(14)27-21(20)12-5-7-13(23)8-6-12;;/h9-12,14-15H,6-8,13H2,1-5H3;5-8,10-11H,2-4,9H2,1H3;2*1H4. The lowest BCUT2D eigenvalue weighted by molar-refractivity contribution is -0.117. The van der Waals surface area contributed by atoms with E-state index < -0.39 is 18.3 Å². The van der Waals surface area contributed by atoms with E-state index in [2.05, 4.69) is 15.9 Å². The molecule has 336 valence electrons. The average Bonchev–Trinajstić information content (AvgIpc) is 4.07. The summed E-state index contributed by atoms with van der Waals surface area (Å²) >= 11 is 3.54. The molecule has 2 aromatic heterocycles. The molecule has 0 radical (unpaired) electrons. The number of rotatable bonds is 9. The molecule has 2 amide bonds. The first-order valence-electron chi connectivity index (χ1n) is 20.9. The maximum Gasteiger partial charge on any atom is 0.497 e. The Hall–Kier alpha value is -5.44. The first kappa shape index (κ1) is 48.0. The number of amides is 2. The highest BCUT2D eigenvalue weighted by atomic mass is 79.9. The molecule has 64 heavy (non-hydrogen) atoms. The van der Waals surface area contributed by atoms with Crippen LogP contribution < -0.4 is 15.3 Å². The molecule has 0 aliphatic carbocycles. The van der Waals surface area contributed by atoms with Crippen LogP contribution in [0.25, 0.3) is 44.6 Å². The van der Waals surface area contributed by atoms with Crippen LogP contribution in [-0.2, 0) is 18.9 Å². The Labute approximate surface area is 381 Å². The third-order valence-electron chi connectivity index (χ3n) is 12.2. The fourth-order valence-corrected chi connectivity index (χ4v) is 8.73. The minimum Gasteiger partial charge on any atom is -0.455 e. The summed E-state index contributed by atoms with van der Waals surface area (Å²) in [4.78, 5) is 54.1. The molecule has 10 nitrogen and oxygen atoms in total. The molecule has 9 rings (SSSR count). The number of furan rings is 2. The summed E-state index contributed by atoms with van der Waals surface area (Å²) in [5.41, 5.74) is 4.12. The van der Waals surface area contributed by atoms with E-state index in [1.807, 2.05) is 39.8 Å². The van der Waals surface area contributed by atoms with E-state index in [9.17, 15) is 28.0 Å². The van der Waals surface area contributed by atoms with Gasteiger partial charge in [-0.3, -0.25) is 19.2 Å². The summed E-state index contributed by atoms with van der Waals surface area (Å²) in [6.45, 7) is 12.7. The smallest absolute Gasteiger partial charge is 0.455 e. The van der Waals surface area contributed by atoms with Crippen LogP contribution in [0, 0.1) is 11.6 Å². The number of anilines is 2. The van der Waals surface area contributed by atoms with Gasteiger partial charge in [-0.25, -0.2) is 8.78 Å². The average molecular weight is 940 g/mol. The van der Waals surface area contributed by atoms with Gasteiger partial charge >= 0.3 is 7.12 Å². The summed E-state index contributed by atoms with van der Waals surface area (Å²) in [6, 6.07) is 19.0. The monoisotopic (exact) mass is 938 g/mol. The van der Waals surface area contributed by atoms with Gasteiger partial charge in [0, 0.05) is 88.4 Å². The molecule has 5 heterocycles. The van der Waals surface area contributed by atoms with Crippen LogP contribution in [0.15, 0.2) is 86.1 Å². The third-order valence-corrected chi connectivity index (χ3v) is 12.9. The van der Waals surface area contributed by atoms with Gasteiger partial charge in [-0.1, -0.05) is 28.7 Å². The number of benzene rings is 4. The lowest BCUT2D eigenvalue weighted by Gasteiger charge is -2.32. The van der Waals surface area contributed by atoms with E-state index in [0.717, 1.165) is 23.0 Å². The number of ketones is 2. The molecule has 14 heteroatoms. The molecule has 4 aromatic carbocycles. The summed E-state index contributed by atoms with van der Waals surface area (Å²) in [7, 11) is -0.721. The number of carbonyl (C=O) groups is 4. The van der Waals surface area contributed by atoms with Crippen molar-refractivity contribution in [2.45, 2.75) is 106 Å². The fraction of sp³-hybridized carbons (Fsp3) is 0.360. The molecular formula is C50H54BBrF2N2O8. The molecule has 0 atom stereocenters. The second-order valence-electron chi connectivity index (χ2n) is 16.8. The molecule has 0 N–H and O–H groups in total. The third kappa shape index (κ3) is 8.71. The van der Waals surface area contributed by atoms with Crippen molar-refractivity contribution in [3.05, 3.63) is 100 Å². The van der Waals surface area contributed by atoms with E-state index in [0.29, 0.717) is 99.2 Å². The molecule has 3 saturated heterocycles. The molecule has 3 aliphatic rings. The number of Topliss-reactive ketones (excluding diaryl/α,β-unsaturated/α-hetero) is 2. The maximum absolute atomic E-state index is 13.6. The van der Waals surface area contributed by atoms with Gasteiger partial charge in [0.05, 0.1) is 28.0 Å². The topological polar surface area (TPSA) is 120 Å². The second kappa shape index (κ2) is 18.6. The van der Waals surface area contributed by atoms with Crippen molar-refractivity contribution >= 4 is 85.2 Å². The van der Waals surface area contributed by atoms with Crippen LogP contribution in [0.3, 0.4) is 0 Å². The molecule has 6 aromatic rings. The van der Waals surface area contributed by atoms with Crippen molar-refractivity contribution in [2.75, 3.05) is 22.9 Å². The highest BCUT2D eigenvalue weighted by molar-refractivity contribution is 9.10. The van der Waals surface area contributed by atoms with E-state index >= 15 is 0 Å². The van der Waals surface area contributed by atoms with Crippen LogP contribution in [0.2, 0.25) is 0 Å². The molecule has 0 saturated carbocycles. The quantitative estimate of drug-likeness (QED) is 0.104. The van der Waals surface area contributed by atoms with E-state index in [4.69, 9.17) is 18.1 Å². The van der Waals surface area contributed by atoms with Gasteiger partial charge in [-0.15, -0.1) is 0 Å².